The van der Waals surface area contributed by atoms with Crippen LogP contribution in [0.3, 0.4) is 0 Å². The lowest BCUT2D eigenvalue weighted by Crippen LogP contribution is -2.23. The van der Waals surface area contributed by atoms with Crippen LogP contribution in [0, 0.1) is 13.8 Å². The van der Waals surface area contributed by atoms with Crippen LogP contribution in [-0.4, -0.2) is 11.7 Å². The zero-order chi connectivity index (χ0) is 14.5. The lowest BCUT2D eigenvalue weighted by atomic mass is 10.1. The maximum absolute atomic E-state index is 12.0. The molecular weight excluding hydrogens is 274 g/mol. The van der Waals surface area contributed by atoms with Crippen LogP contribution in [0.5, 0.6) is 0 Å². The molecule has 2 heterocycles. The molecule has 1 amide bonds. The second kappa shape index (κ2) is 6.52. The average Bonchev–Trinajstić information content (AvgIpc) is 3.03. The van der Waals surface area contributed by atoms with E-state index in [1.165, 1.54) is 0 Å². The number of thiophene rings is 1. The number of hydrogen-bond donors (Lipinski definition) is 1. The van der Waals surface area contributed by atoms with Gasteiger partial charge in [-0.25, -0.2) is 0 Å². The molecule has 0 aromatic carbocycles. The molecule has 1 N–H and O–H groups in total. The molecule has 0 bridgehead atoms. The standard InChI is InChI=1S/C15H17NO3S/c1-10-8-13(11(2)20-10)14(17)5-6-15(18)16-9-12-4-3-7-19-12/h3-4,7-8H,5-6,9H2,1-2H3,(H,16,18). The number of aryl methyl sites for hydroxylation is 2. The number of amides is 1. The third kappa shape index (κ3) is 3.81. The predicted octanol–water partition coefficient (Wildman–Crippen LogP) is 3.24. The van der Waals surface area contributed by atoms with E-state index in [0.717, 1.165) is 15.3 Å². The molecule has 0 saturated carbocycles. The van der Waals surface area contributed by atoms with E-state index in [0.29, 0.717) is 12.3 Å². The van der Waals surface area contributed by atoms with Crippen molar-refractivity contribution >= 4 is 23.0 Å². The Kier molecular flexibility index (Phi) is 4.74. The van der Waals surface area contributed by atoms with Crippen molar-refractivity contribution in [2.24, 2.45) is 0 Å². The van der Waals surface area contributed by atoms with Crippen molar-refractivity contribution in [1.82, 2.24) is 5.32 Å². The van der Waals surface area contributed by atoms with E-state index < -0.39 is 0 Å². The summed E-state index contributed by atoms with van der Waals surface area (Å²) in [5.41, 5.74) is 0.742. The van der Waals surface area contributed by atoms with Gasteiger partial charge in [0.25, 0.3) is 0 Å². The summed E-state index contributed by atoms with van der Waals surface area (Å²) in [6.45, 7) is 4.27. The number of nitrogens with one attached hydrogen (secondary N) is 1. The number of rotatable bonds is 6. The summed E-state index contributed by atoms with van der Waals surface area (Å²) < 4.78 is 5.12. The molecule has 0 aliphatic rings. The zero-order valence-electron chi connectivity index (χ0n) is 11.6. The van der Waals surface area contributed by atoms with E-state index in [2.05, 4.69) is 5.32 Å². The van der Waals surface area contributed by atoms with Gasteiger partial charge in [0.2, 0.25) is 5.91 Å². The summed E-state index contributed by atoms with van der Waals surface area (Å²) in [6, 6.07) is 5.46. The Balaban J connectivity index is 1.78. The maximum Gasteiger partial charge on any atom is 0.220 e. The molecule has 20 heavy (non-hydrogen) atoms. The molecule has 0 aliphatic heterocycles. The van der Waals surface area contributed by atoms with Gasteiger partial charge in [-0.2, -0.15) is 0 Å². The zero-order valence-corrected chi connectivity index (χ0v) is 12.4. The average molecular weight is 291 g/mol. The van der Waals surface area contributed by atoms with E-state index >= 15 is 0 Å². The van der Waals surface area contributed by atoms with Gasteiger partial charge in [0.1, 0.15) is 5.76 Å². The molecule has 4 nitrogen and oxygen atoms in total. The van der Waals surface area contributed by atoms with Crippen LogP contribution in [0.2, 0.25) is 0 Å². The highest BCUT2D eigenvalue weighted by atomic mass is 32.1. The van der Waals surface area contributed by atoms with Crippen LogP contribution < -0.4 is 5.32 Å². The highest BCUT2D eigenvalue weighted by Crippen LogP contribution is 2.22. The number of carbonyl (C=O) groups is 2. The number of ketones is 1. The van der Waals surface area contributed by atoms with Crippen molar-refractivity contribution in [2.75, 3.05) is 0 Å². The van der Waals surface area contributed by atoms with Gasteiger partial charge in [-0.3, -0.25) is 9.59 Å². The highest BCUT2D eigenvalue weighted by molar-refractivity contribution is 7.12. The molecule has 2 aromatic heterocycles. The van der Waals surface area contributed by atoms with Crippen molar-refractivity contribution < 1.29 is 14.0 Å². The van der Waals surface area contributed by atoms with Crippen molar-refractivity contribution in [3.8, 4) is 0 Å². The van der Waals surface area contributed by atoms with Crippen LogP contribution >= 0.6 is 11.3 Å². The summed E-state index contributed by atoms with van der Waals surface area (Å²) in [5, 5.41) is 2.73. The summed E-state index contributed by atoms with van der Waals surface area (Å²) in [6.07, 6.45) is 2.00. The second-order valence-electron chi connectivity index (χ2n) is 4.61. The largest absolute Gasteiger partial charge is 0.467 e. The van der Waals surface area contributed by atoms with Gasteiger partial charge >= 0.3 is 0 Å². The van der Waals surface area contributed by atoms with Crippen LogP contribution in [0.4, 0.5) is 0 Å². The number of furan rings is 1. The third-order valence-corrected chi connectivity index (χ3v) is 3.93. The van der Waals surface area contributed by atoms with Crippen molar-refractivity contribution in [3.63, 3.8) is 0 Å². The van der Waals surface area contributed by atoms with Gasteiger partial charge in [-0.1, -0.05) is 0 Å². The Hall–Kier alpha value is -1.88. The van der Waals surface area contributed by atoms with Crippen LogP contribution in [-0.2, 0) is 11.3 Å². The molecule has 0 unspecified atom stereocenters. The van der Waals surface area contributed by atoms with E-state index in [9.17, 15) is 9.59 Å². The Morgan fingerprint density at radius 3 is 2.70 bits per heavy atom. The normalized spacial score (nSPS) is 10.5. The molecule has 0 radical (unpaired) electrons. The Morgan fingerprint density at radius 2 is 2.10 bits per heavy atom. The summed E-state index contributed by atoms with van der Waals surface area (Å²) >= 11 is 1.61. The maximum atomic E-state index is 12.0. The molecule has 2 rings (SSSR count). The van der Waals surface area contributed by atoms with Crippen molar-refractivity contribution in [1.29, 1.82) is 0 Å². The van der Waals surface area contributed by atoms with Gasteiger partial charge < -0.3 is 9.73 Å². The molecule has 0 saturated heterocycles. The molecule has 0 atom stereocenters. The fourth-order valence-electron chi connectivity index (χ4n) is 1.96. The minimum absolute atomic E-state index is 0.0278. The van der Waals surface area contributed by atoms with Crippen LogP contribution in [0.25, 0.3) is 0 Å². The Morgan fingerprint density at radius 1 is 1.30 bits per heavy atom. The molecule has 0 aliphatic carbocycles. The first-order valence-corrected chi connectivity index (χ1v) is 7.27. The van der Waals surface area contributed by atoms with E-state index in [1.807, 2.05) is 19.9 Å². The van der Waals surface area contributed by atoms with Crippen LogP contribution in [0.1, 0.15) is 38.7 Å². The van der Waals surface area contributed by atoms with Gasteiger partial charge in [0, 0.05) is 28.2 Å². The van der Waals surface area contributed by atoms with Gasteiger partial charge in [0.15, 0.2) is 5.78 Å². The monoisotopic (exact) mass is 291 g/mol. The topological polar surface area (TPSA) is 59.3 Å². The molecule has 5 heteroatoms. The third-order valence-electron chi connectivity index (χ3n) is 2.96. The van der Waals surface area contributed by atoms with Gasteiger partial charge in [-0.05, 0) is 32.0 Å². The minimum Gasteiger partial charge on any atom is -0.467 e. The molecule has 0 fully saturated rings. The molecule has 106 valence electrons. The van der Waals surface area contributed by atoms with E-state index in [4.69, 9.17) is 4.42 Å². The Bertz CT molecular complexity index is 599. The number of Topliss-reactive ketones (excluding diaryl/α,β-unsaturated/α-hetero) is 1. The summed E-state index contributed by atoms with van der Waals surface area (Å²) in [4.78, 5) is 25.8. The van der Waals surface area contributed by atoms with E-state index in [1.54, 1.807) is 29.7 Å². The fraction of sp³-hybridized carbons (Fsp3) is 0.333. The van der Waals surface area contributed by atoms with Crippen molar-refractivity contribution in [3.05, 3.63) is 45.5 Å². The fourth-order valence-corrected chi connectivity index (χ4v) is 2.90. The molecule has 2 aromatic rings. The lowest BCUT2D eigenvalue weighted by Gasteiger charge is -2.03. The first-order valence-electron chi connectivity index (χ1n) is 6.45. The summed E-state index contributed by atoms with van der Waals surface area (Å²) in [7, 11) is 0. The van der Waals surface area contributed by atoms with Gasteiger partial charge in [-0.15, -0.1) is 11.3 Å². The molecular formula is C15H17NO3S. The SMILES string of the molecule is Cc1cc(C(=O)CCC(=O)NCc2ccco2)c(C)s1. The second-order valence-corrected chi connectivity index (χ2v) is 6.07. The highest BCUT2D eigenvalue weighted by Gasteiger charge is 2.13. The number of carbonyl (C=O) groups excluding carboxylic acids is 2. The minimum atomic E-state index is -0.139. The Labute approximate surface area is 121 Å². The van der Waals surface area contributed by atoms with E-state index in [-0.39, 0.29) is 24.5 Å². The predicted molar refractivity (Wildman–Crippen MR) is 77.9 cm³/mol. The summed E-state index contributed by atoms with van der Waals surface area (Å²) in [5.74, 6) is 0.591. The first kappa shape index (κ1) is 14.5. The lowest BCUT2D eigenvalue weighted by molar-refractivity contribution is -0.121. The quantitative estimate of drug-likeness (QED) is 0.831. The molecule has 0 spiro atoms. The first-order chi connectivity index (χ1) is 9.56. The van der Waals surface area contributed by atoms with Gasteiger partial charge in [0.05, 0.1) is 12.8 Å². The van der Waals surface area contributed by atoms with Crippen molar-refractivity contribution in [2.45, 2.75) is 33.2 Å². The number of hydrogen-bond acceptors (Lipinski definition) is 4. The van der Waals surface area contributed by atoms with Crippen LogP contribution in [0.15, 0.2) is 28.9 Å². The smallest absolute Gasteiger partial charge is 0.220 e.